The average Bonchev–Trinajstić information content (AvgIpc) is 2.76. The van der Waals surface area contributed by atoms with Gasteiger partial charge in [0.05, 0.1) is 11.4 Å². The molecule has 90 valence electrons. The van der Waals surface area contributed by atoms with Crippen molar-refractivity contribution in [3.8, 4) is 0 Å². The number of aromatic amines is 1. The Kier molecular flexibility index (Phi) is 3.27. The van der Waals surface area contributed by atoms with Gasteiger partial charge in [-0.3, -0.25) is 5.10 Å². The van der Waals surface area contributed by atoms with E-state index in [4.69, 9.17) is 0 Å². The van der Waals surface area contributed by atoms with E-state index in [0.717, 1.165) is 17.9 Å². The summed E-state index contributed by atoms with van der Waals surface area (Å²) in [5.41, 5.74) is 1.12. The van der Waals surface area contributed by atoms with E-state index >= 15 is 0 Å². The molecule has 1 fully saturated rings. The van der Waals surface area contributed by atoms with Crippen LogP contribution < -0.4 is 4.72 Å². The van der Waals surface area contributed by atoms with Crippen LogP contribution in [-0.4, -0.2) is 36.2 Å². The van der Waals surface area contributed by atoms with Gasteiger partial charge in [0.15, 0.2) is 0 Å². The Hall–Kier alpha value is -0.530. The first-order chi connectivity index (χ1) is 7.50. The maximum absolute atomic E-state index is 12.1. The van der Waals surface area contributed by atoms with Crippen LogP contribution in [0.25, 0.3) is 0 Å². The Morgan fingerprint density at radius 1 is 1.50 bits per heavy atom. The number of H-pyrrole nitrogens is 1. The van der Waals surface area contributed by atoms with Crippen LogP contribution in [0.2, 0.25) is 0 Å². The average molecular weight is 261 g/mol. The maximum Gasteiger partial charge on any atom is 0.244 e. The number of sulfonamides is 1. The highest BCUT2D eigenvalue weighted by atomic mass is 32.2. The quantitative estimate of drug-likeness (QED) is 0.844. The van der Waals surface area contributed by atoms with E-state index in [2.05, 4.69) is 14.9 Å². The lowest BCUT2D eigenvalue weighted by atomic mass is 10.3. The summed E-state index contributed by atoms with van der Waals surface area (Å²) in [7, 11) is -3.42. The van der Waals surface area contributed by atoms with E-state index in [1.165, 1.54) is 0 Å². The standard InChI is InChI=1S/C9H15N3O2S2/c1-6-9(7(2)11-10-6)16(13,14)12-8-3-4-15-5-8/h8,12H,3-5H2,1-2H3,(H,10,11). The molecule has 5 nitrogen and oxygen atoms in total. The van der Waals surface area contributed by atoms with Crippen LogP contribution in [0.1, 0.15) is 17.8 Å². The summed E-state index contributed by atoms with van der Waals surface area (Å²) in [6.07, 6.45) is 0.903. The van der Waals surface area contributed by atoms with E-state index in [1.807, 2.05) is 0 Å². The molecule has 0 aromatic carbocycles. The second-order valence-corrected chi connectivity index (χ2v) is 6.75. The lowest BCUT2D eigenvalue weighted by Gasteiger charge is -2.11. The zero-order valence-electron chi connectivity index (χ0n) is 9.28. The normalized spacial score (nSPS) is 21.5. The van der Waals surface area contributed by atoms with Gasteiger partial charge in [-0.1, -0.05) is 0 Å². The molecular weight excluding hydrogens is 246 g/mol. The molecule has 0 aliphatic carbocycles. The number of aromatic nitrogens is 2. The molecule has 2 rings (SSSR count). The number of aryl methyl sites for hydroxylation is 2. The second kappa shape index (κ2) is 4.38. The fourth-order valence-corrected chi connectivity index (χ4v) is 4.74. The fourth-order valence-electron chi connectivity index (χ4n) is 1.84. The third-order valence-electron chi connectivity index (χ3n) is 2.58. The molecule has 7 heteroatoms. The molecule has 1 aromatic heterocycles. The Bertz CT molecular complexity index is 455. The van der Waals surface area contributed by atoms with Crippen molar-refractivity contribution in [1.82, 2.24) is 14.9 Å². The number of nitrogens with one attached hydrogen (secondary N) is 2. The third-order valence-corrected chi connectivity index (χ3v) is 5.53. The highest BCUT2D eigenvalue weighted by Crippen LogP contribution is 2.21. The molecule has 0 bridgehead atoms. The first-order valence-electron chi connectivity index (χ1n) is 5.12. The third kappa shape index (κ3) is 2.26. The predicted molar refractivity (Wildman–Crippen MR) is 64.1 cm³/mol. The topological polar surface area (TPSA) is 74.8 Å². The molecule has 16 heavy (non-hydrogen) atoms. The van der Waals surface area contributed by atoms with Gasteiger partial charge in [0.2, 0.25) is 10.0 Å². The highest BCUT2D eigenvalue weighted by molar-refractivity contribution is 7.99. The van der Waals surface area contributed by atoms with Gasteiger partial charge in [-0.05, 0) is 26.0 Å². The number of hydrogen-bond donors (Lipinski definition) is 2. The summed E-state index contributed by atoms with van der Waals surface area (Å²) < 4.78 is 27.0. The van der Waals surface area contributed by atoms with Gasteiger partial charge in [0.1, 0.15) is 4.90 Å². The first-order valence-corrected chi connectivity index (χ1v) is 7.76. The van der Waals surface area contributed by atoms with Crippen molar-refractivity contribution in [1.29, 1.82) is 0 Å². The van der Waals surface area contributed by atoms with Gasteiger partial charge in [-0.2, -0.15) is 16.9 Å². The van der Waals surface area contributed by atoms with Crippen molar-refractivity contribution >= 4 is 21.8 Å². The predicted octanol–water partition coefficient (Wildman–Crippen LogP) is 0.810. The van der Waals surface area contributed by atoms with Crippen molar-refractivity contribution in [2.24, 2.45) is 0 Å². The molecule has 1 saturated heterocycles. The molecule has 0 amide bonds. The van der Waals surface area contributed by atoms with Crippen molar-refractivity contribution < 1.29 is 8.42 Å². The molecule has 0 radical (unpaired) electrons. The molecule has 2 heterocycles. The molecule has 0 saturated carbocycles. The lowest BCUT2D eigenvalue weighted by molar-refractivity contribution is 0.562. The SMILES string of the molecule is Cc1n[nH]c(C)c1S(=O)(=O)NC1CCSC1. The van der Waals surface area contributed by atoms with E-state index in [9.17, 15) is 8.42 Å². The van der Waals surface area contributed by atoms with E-state index in [1.54, 1.807) is 25.6 Å². The Morgan fingerprint density at radius 3 is 2.75 bits per heavy atom. The molecule has 1 aromatic rings. The van der Waals surface area contributed by atoms with E-state index in [0.29, 0.717) is 16.3 Å². The van der Waals surface area contributed by atoms with Crippen LogP contribution in [0.5, 0.6) is 0 Å². The molecule has 1 aliphatic rings. The monoisotopic (exact) mass is 261 g/mol. The lowest BCUT2D eigenvalue weighted by Crippen LogP contribution is -2.35. The number of rotatable bonds is 3. The zero-order chi connectivity index (χ0) is 11.8. The van der Waals surface area contributed by atoms with Crippen molar-refractivity contribution in [3.05, 3.63) is 11.4 Å². The summed E-state index contributed by atoms with van der Waals surface area (Å²) in [6.45, 7) is 3.42. The summed E-state index contributed by atoms with van der Waals surface area (Å²) in [5.74, 6) is 1.88. The highest BCUT2D eigenvalue weighted by Gasteiger charge is 2.27. The molecule has 0 spiro atoms. The Balaban J connectivity index is 2.25. The molecule has 2 N–H and O–H groups in total. The van der Waals surface area contributed by atoms with E-state index in [-0.39, 0.29) is 6.04 Å². The van der Waals surface area contributed by atoms with Gasteiger partial charge >= 0.3 is 0 Å². The van der Waals surface area contributed by atoms with Gasteiger partial charge in [0, 0.05) is 11.8 Å². The fraction of sp³-hybridized carbons (Fsp3) is 0.667. The first kappa shape index (κ1) is 11.9. The van der Waals surface area contributed by atoms with Gasteiger partial charge in [0.25, 0.3) is 0 Å². The summed E-state index contributed by atoms with van der Waals surface area (Å²) >= 11 is 1.78. The smallest absolute Gasteiger partial charge is 0.244 e. The molecular formula is C9H15N3O2S2. The van der Waals surface area contributed by atoms with Crippen LogP contribution >= 0.6 is 11.8 Å². The number of hydrogen-bond acceptors (Lipinski definition) is 4. The van der Waals surface area contributed by atoms with Gasteiger partial charge in [-0.25, -0.2) is 13.1 Å². The summed E-state index contributed by atoms with van der Waals surface area (Å²) in [4.78, 5) is 0.296. The van der Waals surface area contributed by atoms with Crippen LogP contribution in [0.4, 0.5) is 0 Å². The minimum Gasteiger partial charge on any atom is -0.281 e. The molecule has 1 aliphatic heterocycles. The Labute approximate surface area is 99.4 Å². The minimum absolute atomic E-state index is 0.0590. The van der Waals surface area contributed by atoms with Crippen LogP contribution in [0.3, 0.4) is 0 Å². The van der Waals surface area contributed by atoms with Crippen LogP contribution in [0, 0.1) is 13.8 Å². The Morgan fingerprint density at radius 2 is 2.25 bits per heavy atom. The van der Waals surface area contributed by atoms with Gasteiger partial charge < -0.3 is 0 Å². The van der Waals surface area contributed by atoms with Crippen molar-refractivity contribution in [2.75, 3.05) is 11.5 Å². The summed E-state index contributed by atoms with van der Waals surface area (Å²) in [6, 6.07) is 0.0590. The van der Waals surface area contributed by atoms with Crippen molar-refractivity contribution in [2.45, 2.75) is 31.2 Å². The maximum atomic E-state index is 12.1. The second-order valence-electron chi connectivity index (χ2n) is 3.94. The summed E-state index contributed by atoms with van der Waals surface area (Å²) in [5, 5.41) is 6.60. The van der Waals surface area contributed by atoms with Gasteiger partial charge in [-0.15, -0.1) is 0 Å². The largest absolute Gasteiger partial charge is 0.281 e. The molecule has 1 unspecified atom stereocenters. The van der Waals surface area contributed by atoms with Crippen LogP contribution in [0.15, 0.2) is 4.90 Å². The number of nitrogens with zero attached hydrogens (tertiary/aromatic N) is 1. The van der Waals surface area contributed by atoms with Crippen LogP contribution in [-0.2, 0) is 10.0 Å². The zero-order valence-corrected chi connectivity index (χ0v) is 10.9. The number of thioether (sulfide) groups is 1. The minimum atomic E-state index is -3.42. The van der Waals surface area contributed by atoms with E-state index < -0.39 is 10.0 Å². The van der Waals surface area contributed by atoms with Crippen molar-refractivity contribution in [3.63, 3.8) is 0 Å². The molecule has 1 atom stereocenters.